The number of rotatable bonds is 3. The Morgan fingerprint density at radius 2 is 1.96 bits per heavy atom. The first-order valence-corrected chi connectivity index (χ1v) is 8.11. The second kappa shape index (κ2) is 7.25. The van der Waals surface area contributed by atoms with Crippen molar-refractivity contribution in [2.24, 2.45) is 0 Å². The standard InChI is InChI=1S/C17H20N4O3/c1-2-24-17(23)21-9-7-12(8-10-21)19-16(22)15-11-18-13-5-3-4-6-14(13)20-15/h3-6,11-12H,2,7-10H2,1H3,(H,19,22). The number of para-hydroxylation sites is 2. The molecule has 1 N–H and O–H groups in total. The Bertz CT molecular complexity index is 741. The molecule has 7 nitrogen and oxygen atoms in total. The van der Waals surface area contributed by atoms with Crippen LogP contribution in [0.3, 0.4) is 0 Å². The summed E-state index contributed by atoms with van der Waals surface area (Å²) in [6.45, 7) is 3.31. The number of amides is 2. The second-order valence-corrected chi connectivity index (χ2v) is 5.68. The smallest absolute Gasteiger partial charge is 0.409 e. The van der Waals surface area contributed by atoms with Gasteiger partial charge in [0.15, 0.2) is 0 Å². The SMILES string of the molecule is CCOC(=O)N1CCC(NC(=O)c2cnc3ccccc3n2)CC1. The number of aromatic nitrogens is 2. The monoisotopic (exact) mass is 328 g/mol. The molecule has 0 spiro atoms. The molecule has 2 aromatic rings. The summed E-state index contributed by atoms with van der Waals surface area (Å²) in [5, 5.41) is 2.97. The first-order valence-electron chi connectivity index (χ1n) is 8.11. The van der Waals surface area contributed by atoms with Gasteiger partial charge in [-0.25, -0.2) is 9.78 Å². The number of nitrogens with zero attached hydrogens (tertiary/aromatic N) is 3. The van der Waals surface area contributed by atoms with Crippen molar-refractivity contribution in [2.75, 3.05) is 19.7 Å². The third-order valence-corrected chi connectivity index (χ3v) is 4.04. The van der Waals surface area contributed by atoms with Crippen LogP contribution in [0.4, 0.5) is 4.79 Å². The largest absolute Gasteiger partial charge is 0.450 e. The maximum absolute atomic E-state index is 12.4. The van der Waals surface area contributed by atoms with E-state index in [0.717, 1.165) is 5.52 Å². The highest BCUT2D eigenvalue weighted by molar-refractivity contribution is 5.93. The van der Waals surface area contributed by atoms with Gasteiger partial charge in [-0.15, -0.1) is 0 Å². The third kappa shape index (κ3) is 3.61. The van der Waals surface area contributed by atoms with Crippen molar-refractivity contribution < 1.29 is 14.3 Å². The summed E-state index contributed by atoms with van der Waals surface area (Å²) >= 11 is 0. The maximum atomic E-state index is 12.4. The summed E-state index contributed by atoms with van der Waals surface area (Å²) < 4.78 is 4.99. The van der Waals surface area contributed by atoms with Crippen molar-refractivity contribution in [3.8, 4) is 0 Å². The van der Waals surface area contributed by atoms with E-state index < -0.39 is 0 Å². The average molecular weight is 328 g/mol. The Morgan fingerprint density at radius 3 is 2.67 bits per heavy atom. The zero-order valence-corrected chi connectivity index (χ0v) is 13.6. The fourth-order valence-electron chi connectivity index (χ4n) is 2.75. The highest BCUT2D eigenvalue weighted by Gasteiger charge is 2.25. The fourth-order valence-corrected chi connectivity index (χ4v) is 2.75. The van der Waals surface area contributed by atoms with Crippen molar-refractivity contribution in [1.29, 1.82) is 0 Å². The Balaban J connectivity index is 1.58. The number of fused-ring (bicyclic) bond motifs is 1. The van der Waals surface area contributed by atoms with Crippen LogP contribution in [-0.2, 0) is 4.74 Å². The number of nitrogens with one attached hydrogen (secondary N) is 1. The lowest BCUT2D eigenvalue weighted by molar-refractivity contribution is 0.0856. The van der Waals surface area contributed by atoms with Gasteiger partial charge in [-0.1, -0.05) is 12.1 Å². The quantitative estimate of drug-likeness (QED) is 0.931. The average Bonchev–Trinajstić information content (AvgIpc) is 2.62. The molecule has 1 aliphatic heterocycles. The lowest BCUT2D eigenvalue weighted by Gasteiger charge is -2.31. The molecule has 0 aliphatic carbocycles. The molecule has 0 radical (unpaired) electrons. The van der Waals surface area contributed by atoms with Crippen LogP contribution < -0.4 is 5.32 Å². The van der Waals surface area contributed by atoms with Crippen LogP contribution in [0.5, 0.6) is 0 Å². The number of benzene rings is 1. The molecule has 1 fully saturated rings. The molecule has 24 heavy (non-hydrogen) atoms. The van der Waals surface area contributed by atoms with E-state index in [1.165, 1.54) is 6.20 Å². The lowest BCUT2D eigenvalue weighted by Crippen LogP contribution is -2.46. The van der Waals surface area contributed by atoms with E-state index in [0.29, 0.717) is 43.7 Å². The van der Waals surface area contributed by atoms with Gasteiger partial charge >= 0.3 is 6.09 Å². The zero-order valence-electron chi connectivity index (χ0n) is 13.6. The van der Waals surface area contributed by atoms with Gasteiger partial charge in [-0.3, -0.25) is 9.78 Å². The van der Waals surface area contributed by atoms with Crippen LogP contribution in [0.15, 0.2) is 30.5 Å². The normalized spacial score (nSPS) is 15.3. The number of likely N-dealkylation sites (tertiary alicyclic amines) is 1. The van der Waals surface area contributed by atoms with Crippen LogP contribution in [0.25, 0.3) is 11.0 Å². The summed E-state index contributed by atoms with van der Waals surface area (Å²) in [5.41, 5.74) is 1.76. The first-order chi connectivity index (χ1) is 11.7. The Labute approximate surface area is 140 Å². The predicted octanol–water partition coefficient (Wildman–Crippen LogP) is 1.98. The van der Waals surface area contributed by atoms with Gasteiger partial charge in [-0.05, 0) is 31.9 Å². The molecule has 1 aromatic carbocycles. The molecular formula is C17H20N4O3. The fraction of sp³-hybridized carbons (Fsp3) is 0.412. The van der Waals surface area contributed by atoms with Gasteiger partial charge < -0.3 is 15.0 Å². The summed E-state index contributed by atoms with van der Waals surface area (Å²) in [7, 11) is 0. The van der Waals surface area contributed by atoms with Crippen LogP contribution >= 0.6 is 0 Å². The van der Waals surface area contributed by atoms with Gasteiger partial charge in [0, 0.05) is 19.1 Å². The van der Waals surface area contributed by atoms with E-state index in [9.17, 15) is 9.59 Å². The van der Waals surface area contributed by atoms with E-state index >= 15 is 0 Å². The second-order valence-electron chi connectivity index (χ2n) is 5.68. The van der Waals surface area contributed by atoms with Crippen molar-refractivity contribution in [3.05, 3.63) is 36.2 Å². The van der Waals surface area contributed by atoms with E-state index in [1.54, 1.807) is 11.8 Å². The number of piperidine rings is 1. The van der Waals surface area contributed by atoms with Gasteiger partial charge in [0.2, 0.25) is 0 Å². The van der Waals surface area contributed by atoms with Gasteiger partial charge in [0.1, 0.15) is 5.69 Å². The molecule has 2 amide bonds. The van der Waals surface area contributed by atoms with Gasteiger partial charge in [0.25, 0.3) is 5.91 Å². The number of carbonyl (C=O) groups is 2. The molecule has 1 saturated heterocycles. The molecule has 7 heteroatoms. The lowest BCUT2D eigenvalue weighted by atomic mass is 10.1. The van der Waals surface area contributed by atoms with Crippen molar-refractivity contribution >= 4 is 23.0 Å². The molecule has 2 heterocycles. The molecular weight excluding hydrogens is 308 g/mol. The molecule has 3 rings (SSSR count). The Hall–Kier alpha value is -2.70. The minimum atomic E-state index is -0.289. The third-order valence-electron chi connectivity index (χ3n) is 4.04. The van der Waals surface area contributed by atoms with Crippen LogP contribution in [0, 0.1) is 0 Å². The van der Waals surface area contributed by atoms with Gasteiger partial charge in [-0.2, -0.15) is 0 Å². The summed E-state index contributed by atoms with van der Waals surface area (Å²) in [5.74, 6) is -0.233. The predicted molar refractivity (Wildman–Crippen MR) is 88.6 cm³/mol. The van der Waals surface area contributed by atoms with Crippen molar-refractivity contribution in [2.45, 2.75) is 25.8 Å². The minimum absolute atomic E-state index is 0.0245. The molecule has 0 saturated carbocycles. The van der Waals surface area contributed by atoms with E-state index in [4.69, 9.17) is 4.74 Å². The van der Waals surface area contributed by atoms with E-state index in [2.05, 4.69) is 15.3 Å². The van der Waals surface area contributed by atoms with E-state index in [1.807, 2.05) is 24.3 Å². The van der Waals surface area contributed by atoms with Crippen molar-refractivity contribution in [3.63, 3.8) is 0 Å². The minimum Gasteiger partial charge on any atom is -0.450 e. The van der Waals surface area contributed by atoms with Crippen LogP contribution in [-0.4, -0.2) is 52.6 Å². The molecule has 126 valence electrons. The van der Waals surface area contributed by atoms with E-state index in [-0.39, 0.29) is 18.0 Å². The number of hydrogen-bond donors (Lipinski definition) is 1. The topological polar surface area (TPSA) is 84.4 Å². The molecule has 1 aliphatic rings. The van der Waals surface area contributed by atoms with Crippen LogP contribution in [0.1, 0.15) is 30.3 Å². The molecule has 0 atom stereocenters. The Morgan fingerprint density at radius 1 is 1.25 bits per heavy atom. The molecule has 0 bridgehead atoms. The molecule has 0 unspecified atom stereocenters. The summed E-state index contributed by atoms with van der Waals surface area (Å²) in [6, 6.07) is 7.46. The Kier molecular flexibility index (Phi) is 4.88. The summed E-state index contributed by atoms with van der Waals surface area (Å²) in [4.78, 5) is 34.3. The number of ether oxygens (including phenoxy) is 1. The highest BCUT2D eigenvalue weighted by Crippen LogP contribution is 2.13. The first kappa shape index (κ1) is 16.2. The maximum Gasteiger partial charge on any atom is 0.409 e. The van der Waals surface area contributed by atoms with Crippen molar-refractivity contribution in [1.82, 2.24) is 20.2 Å². The summed E-state index contributed by atoms with van der Waals surface area (Å²) in [6.07, 6.45) is 2.60. The molecule has 1 aromatic heterocycles. The number of hydrogen-bond acceptors (Lipinski definition) is 5. The highest BCUT2D eigenvalue weighted by atomic mass is 16.6. The zero-order chi connectivity index (χ0) is 16.9. The van der Waals surface area contributed by atoms with Crippen LogP contribution in [0.2, 0.25) is 0 Å². The van der Waals surface area contributed by atoms with Gasteiger partial charge in [0.05, 0.1) is 23.8 Å². The number of carbonyl (C=O) groups excluding carboxylic acids is 2.